The van der Waals surface area contributed by atoms with Gasteiger partial charge in [0.2, 0.25) is 11.8 Å². The Morgan fingerprint density at radius 3 is 2.47 bits per heavy atom. The SMILES string of the molecule is CC(C)[C@H](NC(=O)C[C@@H]1CCC(=O)N1Cc1cccc(F)c1F)C(=O)[O-].C[N+]1(O)CCOCC1. The van der Waals surface area contributed by atoms with Crippen molar-refractivity contribution in [2.45, 2.75) is 51.7 Å². The number of hydrogen-bond acceptors (Lipinski definition) is 6. The van der Waals surface area contributed by atoms with E-state index in [2.05, 4.69) is 5.32 Å². The number of hydroxylamine groups is 3. The number of hydrogen-bond donors (Lipinski definition) is 2. The van der Waals surface area contributed by atoms with Crippen molar-refractivity contribution in [2.75, 3.05) is 33.4 Å². The van der Waals surface area contributed by atoms with Gasteiger partial charge in [-0.25, -0.2) is 14.0 Å². The molecule has 0 aromatic heterocycles. The van der Waals surface area contributed by atoms with Gasteiger partial charge in [0.25, 0.3) is 0 Å². The Kier molecular flexibility index (Phi) is 9.90. The van der Waals surface area contributed by atoms with Crippen molar-refractivity contribution in [3.8, 4) is 0 Å². The minimum absolute atomic E-state index is 0.0282. The number of ether oxygens (including phenoxy) is 1. The van der Waals surface area contributed by atoms with Crippen LogP contribution in [-0.4, -0.2) is 78.0 Å². The van der Waals surface area contributed by atoms with E-state index in [1.54, 1.807) is 20.9 Å². The number of nitrogens with one attached hydrogen (secondary N) is 1. The first kappa shape index (κ1) is 27.6. The van der Waals surface area contributed by atoms with E-state index in [-0.39, 0.29) is 41.4 Å². The number of carboxylic acids is 1. The van der Waals surface area contributed by atoms with Crippen LogP contribution in [0.2, 0.25) is 0 Å². The molecule has 1 aromatic carbocycles. The van der Waals surface area contributed by atoms with Crippen molar-refractivity contribution in [3.63, 3.8) is 0 Å². The smallest absolute Gasteiger partial charge is 0.223 e. The maximum atomic E-state index is 13.9. The molecular formula is C23H33F2N3O6. The number of likely N-dealkylation sites (N-methyl/N-ethyl adjacent to an activating group) is 1. The van der Waals surface area contributed by atoms with Gasteiger partial charge in [-0.05, 0) is 18.4 Å². The zero-order chi connectivity index (χ0) is 25.5. The number of nitrogens with zero attached hydrogens (tertiary/aromatic N) is 2. The van der Waals surface area contributed by atoms with Crippen molar-refractivity contribution in [2.24, 2.45) is 5.92 Å². The molecule has 2 amide bonds. The molecule has 0 bridgehead atoms. The fourth-order valence-corrected chi connectivity index (χ4v) is 3.76. The Labute approximate surface area is 197 Å². The lowest BCUT2D eigenvalue weighted by Gasteiger charge is -2.28. The number of quaternary nitrogens is 1. The van der Waals surface area contributed by atoms with Gasteiger partial charge in [-0.3, -0.25) is 9.59 Å². The van der Waals surface area contributed by atoms with Crippen LogP contribution in [0.4, 0.5) is 8.78 Å². The average Bonchev–Trinajstić information content (AvgIpc) is 3.08. The summed E-state index contributed by atoms with van der Waals surface area (Å²) in [5, 5.41) is 22.7. The second kappa shape index (κ2) is 12.2. The van der Waals surface area contributed by atoms with Crippen molar-refractivity contribution in [1.82, 2.24) is 10.2 Å². The van der Waals surface area contributed by atoms with E-state index in [1.165, 1.54) is 17.0 Å². The van der Waals surface area contributed by atoms with Gasteiger partial charge in [0.15, 0.2) is 11.6 Å². The van der Waals surface area contributed by atoms with Crippen LogP contribution in [0.1, 0.15) is 38.7 Å². The van der Waals surface area contributed by atoms with Gasteiger partial charge in [0.05, 0.1) is 32.3 Å². The fourth-order valence-electron chi connectivity index (χ4n) is 3.76. The molecule has 0 saturated carbocycles. The molecular weight excluding hydrogens is 452 g/mol. The molecule has 3 rings (SSSR count). The van der Waals surface area contributed by atoms with Crippen LogP contribution in [0, 0.1) is 17.6 Å². The number of aliphatic carboxylic acids is 1. The lowest BCUT2D eigenvalue weighted by Crippen LogP contribution is -2.51. The molecule has 190 valence electrons. The molecule has 2 atom stereocenters. The highest BCUT2D eigenvalue weighted by Gasteiger charge is 2.33. The first-order chi connectivity index (χ1) is 15.9. The molecule has 11 heteroatoms. The van der Waals surface area contributed by atoms with Crippen LogP contribution in [0.25, 0.3) is 0 Å². The zero-order valence-corrected chi connectivity index (χ0v) is 19.8. The monoisotopic (exact) mass is 485 g/mol. The summed E-state index contributed by atoms with van der Waals surface area (Å²) in [6.07, 6.45) is 0.475. The van der Waals surface area contributed by atoms with Crippen LogP contribution in [0.5, 0.6) is 0 Å². The number of carbonyl (C=O) groups is 3. The molecule has 2 fully saturated rings. The number of halogens is 2. The molecule has 0 unspecified atom stereocenters. The highest BCUT2D eigenvalue weighted by molar-refractivity contribution is 5.85. The predicted molar refractivity (Wildman–Crippen MR) is 115 cm³/mol. The van der Waals surface area contributed by atoms with Gasteiger partial charge in [0.1, 0.15) is 13.1 Å². The highest BCUT2D eigenvalue weighted by atomic mass is 19.2. The van der Waals surface area contributed by atoms with Crippen LogP contribution in [0.15, 0.2) is 18.2 Å². The number of rotatable bonds is 7. The summed E-state index contributed by atoms with van der Waals surface area (Å²) in [7, 11) is 1.79. The molecule has 0 spiro atoms. The second-order valence-electron chi connectivity index (χ2n) is 9.14. The molecule has 2 aliphatic heterocycles. The summed E-state index contributed by atoms with van der Waals surface area (Å²) in [4.78, 5) is 36.7. The van der Waals surface area contributed by atoms with E-state index in [9.17, 15) is 33.5 Å². The van der Waals surface area contributed by atoms with Crippen molar-refractivity contribution >= 4 is 17.8 Å². The number of carboxylic acid groups (broad SMARTS) is 1. The minimum atomic E-state index is -1.38. The third-order valence-electron chi connectivity index (χ3n) is 5.92. The normalized spacial score (nSPS) is 20.5. The largest absolute Gasteiger partial charge is 0.548 e. The van der Waals surface area contributed by atoms with E-state index < -0.39 is 35.6 Å². The van der Waals surface area contributed by atoms with Crippen LogP contribution in [0.3, 0.4) is 0 Å². The summed E-state index contributed by atoms with van der Waals surface area (Å²) in [6, 6.07) is 2.09. The summed E-state index contributed by atoms with van der Waals surface area (Å²) >= 11 is 0. The number of benzene rings is 1. The Bertz CT molecular complexity index is 872. The summed E-state index contributed by atoms with van der Waals surface area (Å²) in [5.74, 6) is -4.55. The third-order valence-corrected chi connectivity index (χ3v) is 5.92. The third kappa shape index (κ3) is 8.00. The number of likely N-dealkylation sites (tertiary alicyclic amines) is 1. The number of amides is 2. The maximum Gasteiger partial charge on any atom is 0.223 e. The van der Waals surface area contributed by atoms with Crippen molar-refractivity contribution < 1.29 is 42.9 Å². The Morgan fingerprint density at radius 2 is 1.94 bits per heavy atom. The van der Waals surface area contributed by atoms with Crippen LogP contribution < -0.4 is 10.4 Å². The highest BCUT2D eigenvalue weighted by Crippen LogP contribution is 2.25. The van der Waals surface area contributed by atoms with Gasteiger partial charge >= 0.3 is 0 Å². The number of morpholine rings is 1. The van der Waals surface area contributed by atoms with E-state index >= 15 is 0 Å². The van der Waals surface area contributed by atoms with E-state index in [0.29, 0.717) is 19.6 Å². The quantitative estimate of drug-likeness (QED) is 0.546. The standard InChI is InChI=1S/C18H22F2N2O4.C5H12NO2/c1-10(2)17(18(25)26)21-14(23)8-12-6-7-15(24)22(12)9-11-4-3-5-13(19)16(11)20;1-6(7)2-4-8-5-3-6/h3-5,10,12,17H,6-9H2,1-2H3,(H,21,23)(H,25,26);7H,2-5H2,1H3/q;+1/p-1/t12-,17-;/m0./s1. The molecule has 2 N–H and O–H groups in total. The summed E-state index contributed by atoms with van der Waals surface area (Å²) in [5.41, 5.74) is 0.0282. The summed E-state index contributed by atoms with van der Waals surface area (Å²) in [6.45, 7) is 5.95. The van der Waals surface area contributed by atoms with Gasteiger partial charge in [0, 0.05) is 31.0 Å². The average molecular weight is 486 g/mol. The lowest BCUT2D eigenvalue weighted by molar-refractivity contribution is -1.09. The lowest BCUT2D eigenvalue weighted by atomic mass is 10.0. The first-order valence-electron chi connectivity index (χ1n) is 11.3. The Morgan fingerprint density at radius 1 is 1.29 bits per heavy atom. The number of carbonyl (C=O) groups excluding carboxylic acids is 3. The molecule has 34 heavy (non-hydrogen) atoms. The molecule has 0 radical (unpaired) electrons. The van der Waals surface area contributed by atoms with Gasteiger partial charge in [-0.15, -0.1) is 0 Å². The van der Waals surface area contributed by atoms with Crippen molar-refractivity contribution in [1.29, 1.82) is 0 Å². The second-order valence-corrected chi connectivity index (χ2v) is 9.14. The van der Waals surface area contributed by atoms with E-state index in [0.717, 1.165) is 19.2 Å². The Hall–Kier alpha value is -2.63. The molecule has 2 heterocycles. The van der Waals surface area contributed by atoms with E-state index in [4.69, 9.17) is 4.74 Å². The minimum Gasteiger partial charge on any atom is -0.548 e. The Balaban J connectivity index is 0.000000430. The molecule has 0 aliphatic carbocycles. The van der Waals surface area contributed by atoms with Gasteiger partial charge in [-0.2, -0.15) is 4.65 Å². The van der Waals surface area contributed by atoms with Crippen LogP contribution >= 0.6 is 0 Å². The zero-order valence-electron chi connectivity index (χ0n) is 19.8. The summed E-state index contributed by atoms with van der Waals surface area (Å²) < 4.78 is 32.4. The topological polar surface area (TPSA) is 119 Å². The van der Waals surface area contributed by atoms with Gasteiger partial charge in [-0.1, -0.05) is 26.0 Å². The fraction of sp³-hybridized carbons (Fsp3) is 0.609. The molecule has 9 nitrogen and oxygen atoms in total. The first-order valence-corrected chi connectivity index (χ1v) is 11.3. The maximum absolute atomic E-state index is 13.9. The molecule has 2 saturated heterocycles. The molecule has 2 aliphatic rings. The van der Waals surface area contributed by atoms with Crippen molar-refractivity contribution in [3.05, 3.63) is 35.4 Å². The van der Waals surface area contributed by atoms with Gasteiger partial charge < -0.3 is 24.9 Å². The predicted octanol–water partition coefficient (Wildman–Crippen LogP) is 0.589. The molecule has 1 aromatic rings. The van der Waals surface area contributed by atoms with Crippen LogP contribution in [-0.2, 0) is 25.7 Å². The van der Waals surface area contributed by atoms with E-state index in [1.807, 2.05) is 0 Å².